The maximum Gasteiger partial charge on any atom is 0.122 e. The minimum Gasteiger partial charge on any atom is -0.870 e. The van der Waals surface area contributed by atoms with Gasteiger partial charge in [0.25, 0.3) is 0 Å². The van der Waals surface area contributed by atoms with Gasteiger partial charge < -0.3 is 50.9 Å². The first-order valence-corrected chi connectivity index (χ1v) is 9.27. The van der Waals surface area contributed by atoms with Crippen LogP contribution in [0.3, 0.4) is 0 Å². The molecule has 0 aromatic rings. The largest absolute Gasteiger partial charge is 0.870 e. The molecule has 0 saturated heterocycles. The van der Waals surface area contributed by atoms with E-state index in [2.05, 4.69) is 0 Å². The van der Waals surface area contributed by atoms with E-state index < -0.39 is 5.41 Å². The van der Waals surface area contributed by atoms with Crippen LogP contribution in [0.25, 0.3) is 0 Å². The molecule has 0 atom stereocenters. The fourth-order valence-corrected chi connectivity index (χ4v) is 0.653. The zero-order valence-electron chi connectivity index (χ0n) is 19.5. The van der Waals surface area contributed by atoms with E-state index in [0.717, 1.165) is 19.0 Å². The van der Waals surface area contributed by atoms with Crippen molar-refractivity contribution < 1.29 is 50.9 Å². The topological polar surface area (TPSA) is 212 Å². The molecule has 0 aromatic carbocycles. The first kappa shape index (κ1) is 46.8. The summed E-state index contributed by atoms with van der Waals surface area (Å²) in [5.74, 6) is 0.204. The van der Waals surface area contributed by atoms with Gasteiger partial charge in [-0.05, 0) is 12.8 Å². The Morgan fingerprint density at radius 1 is 0.800 bits per heavy atom. The van der Waals surface area contributed by atoms with E-state index >= 15 is 0 Å². The lowest BCUT2D eigenvalue weighted by Crippen LogP contribution is -2.32. The van der Waals surface area contributed by atoms with Crippen LogP contribution in [0.5, 0.6) is 0 Å². The van der Waals surface area contributed by atoms with Crippen molar-refractivity contribution in [2.24, 2.45) is 16.7 Å². The summed E-state index contributed by atoms with van der Waals surface area (Å²) in [7, 11) is 0. The molecule has 188 valence electrons. The van der Waals surface area contributed by atoms with Crippen LogP contribution >= 0.6 is 0 Å². The summed E-state index contributed by atoms with van der Waals surface area (Å²) in [6.07, 6.45) is 4.12. The highest BCUT2D eigenvalue weighted by molar-refractivity contribution is 5.51. The van der Waals surface area contributed by atoms with Gasteiger partial charge in [-0.2, -0.15) is 0 Å². The van der Waals surface area contributed by atoms with E-state index in [4.69, 9.17) is 30.3 Å². The van der Waals surface area contributed by atoms with Crippen molar-refractivity contribution in [2.45, 2.75) is 60.8 Å². The predicted octanol–water partition coefficient (Wildman–Crippen LogP) is 0.645. The van der Waals surface area contributed by atoms with E-state index in [1.54, 1.807) is 13.8 Å². The van der Waals surface area contributed by atoms with E-state index in [-0.39, 0.29) is 55.3 Å². The van der Waals surface area contributed by atoms with Gasteiger partial charge in [0.1, 0.15) is 19.4 Å². The minimum atomic E-state index is -0.667. The standard InChI is InChI=1S/C6H14O3.C5H12O2.2C4H8O.CH2O.2H2O/c1-2-6(3-7,4-8)5-9;1-5(2,3-6)4-7;1-4(2)3-5;1-2-3-4-5;1-2;;/h7-9H,2-5H2,1H3;6-7H,3-4H2,1-2H3;3-4H,1-2H3;4H,2-3H2,1H3;1H2;2*1H2/p-2. The zero-order valence-corrected chi connectivity index (χ0v) is 19.5. The molecule has 0 aliphatic rings. The molecule has 10 nitrogen and oxygen atoms in total. The Morgan fingerprint density at radius 2 is 1.10 bits per heavy atom. The van der Waals surface area contributed by atoms with Gasteiger partial charge in [-0.15, -0.1) is 0 Å². The maximum absolute atomic E-state index is 9.50. The Balaban J connectivity index is -0.0000000459. The highest BCUT2D eigenvalue weighted by atomic mass is 16.3. The molecule has 0 heterocycles. The number of carbonyl (C=O) groups is 3. The molecule has 0 unspecified atom stereocenters. The number of hydrogen-bond acceptors (Lipinski definition) is 10. The molecule has 0 fully saturated rings. The van der Waals surface area contributed by atoms with Gasteiger partial charge in [0, 0.05) is 23.2 Å². The lowest BCUT2D eigenvalue weighted by Gasteiger charge is -2.24. The van der Waals surface area contributed by atoms with Crippen molar-refractivity contribution >= 4 is 19.4 Å². The lowest BCUT2D eigenvalue weighted by atomic mass is 9.88. The zero-order chi connectivity index (χ0) is 23.6. The Bertz CT molecular complexity index is 282. The number of carbonyl (C=O) groups excluding carboxylic acids is 3. The molecule has 30 heavy (non-hydrogen) atoms. The van der Waals surface area contributed by atoms with Crippen LogP contribution in [0.1, 0.15) is 60.8 Å². The summed E-state index contributed by atoms with van der Waals surface area (Å²) >= 11 is 0. The SMILES string of the molecule is C=O.CC(C)(CO)CO.CC(C)C=O.CCC(CO)(CO)CO.CCCC=O.[OH-].[OH-]. The van der Waals surface area contributed by atoms with Crippen molar-refractivity contribution in [3.05, 3.63) is 0 Å². The summed E-state index contributed by atoms with van der Waals surface area (Å²) in [6, 6.07) is 0. The van der Waals surface area contributed by atoms with Crippen LogP contribution in [-0.2, 0) is 14.4 Å². The van der Waals surface area contributed by atoms with Gasteiger partial charge in [0.2, 0.25) is 0 Å². The summed E-state index contributed by atoms with van der Waals surface area (Å²) in [4.78, 5) is 26.9. The molecule has 0 aliphatic carbocycles. The molecule has 0 amide bonds. The highest BCUT2D eigenvalue weighted by Crippen LogP contribution is 2.18. The molecule has 0 saturated carbocycles. The van der Waals surface area contributed by atoms with E-state index in [0.29, 0.717) is 12.8 Å². The average Bonchev–Trinajstić information content (AvgIpc) is 2.73. The molecule has 0 spiro atoms. The monoisotopic (exact) mass is 446 g/mol. The summed E-state index contributed by atoms with van der Waals surface area (Å²) < 4.78 is 0. The van der Waals surface area contributed by atoms with Crippen molar-refractivity contribution in [3.8, 4) is 0 Å². The minimum absolute atomic E-state index is 0. The summed E-state index contributed by atoms with van der Waals surface area (Å²) in [5.41, 5.74) is -0.972. The first-order valence-electron chi connectivity index (χ1n) is 9.27. The van der Waals surface area contributed by atoms with Gasteiger partial charge >= 0.3 is 0 Å². The third-order valence-electron chi connectivity index (χ3n) is 3.29. The van der Waals surface area contributed by atoms with Gasteiger partial charge in [-0.3, -0.25) is 0 Å². The van der Waals surface area contributed by atoms with E-state index in [1.807, 2.05) is 34.5 Å². The highest BCUT2D eigenvalue weighted by Gasteiger charge is 2.24. The van der Waals surface area contributed by atoms with Gasteiger partial charge in [0.15, 0.2) is 0 Å². The molecular weight excluding hydrogens is 400 g/mol. The maximum atomic E-state index is 9.50. The van der Waals surface area contributed by atoms with Crippen LogP contribution in [0.2, 0.25) is 0 Å². The van der Waals surface area contributed by atoms with Crippen LogP contribution < -0.4 is 0 Å². The van der Waals surface area contributed by atoms with Crippen LogP contribution in [0, 0.1) is 16.7 Å². The predicted molar refractivity (Wildman–Crippen MR) is 115 cm³/mol. The fourth-order valence-electron chi connectivity index (χ4n) is 0.653. The Morgan fingerprint density at radius 3 is 1.10 bits per heavy atom. The molecule has 0 bridgehead atoms. The number of unbranched alkanes of at least 4 members (excludes halogenated alkanes) is 1. The molecule has 0 radical (unpaired) electrons. The average molecular weight is 447 g/mol. The fraction of sp³-hybridized carbons (Fsp3) is 0.850. The van der Waals surface area contributed by atoms with E-state index in [1.165, 1.54) is 0 Å². The van der Waals surface area contributed by atoms with Gasteiger partial charge in [-0.1, -0.05) is 41.5 Å². The second-order valence-corrected chi connectivity index (χ2v) is 7.14. The molecular formula is C20H46O10-2. The summed E-state index contributed by atoms with van der Waals surface area (Å²) in [5, 5.41) is 42.8. The molecule has 10 heteroatoms. The molecule has 0 rings (SSSR count). The third-order valence-corrected chi connectivity index (χ3v) is 3.29. The lowest BCUT2D eigenvalue weighted by molar-refractivity contribution is -0.110. The Labute approximate surface area is 181 Å². The second kappa shape index (κ2) is 35.2. The normalized spacial score (nSPS) is 9.20. The number of aliphatic hydroxyl groups is 5. The van der Waals surface area contributed by atoms with Crippen molar-refractivity contribution in [2.75, 3.05) is 33.0 Å². The van der Waals surface area contributed by atoms with Crippen LogP contribution in [-0.4, -0.2) is 88.9 Å². The van der Waals surface area contributed by atoms with Crippen molar-refractivity contribution in [3.63, 3.8) is 0 Å². The number of rotatable bonds is 9. The van der Waals surface area contributed by atoms with Crippen LogP contribution in [0.4, 0.5) is 0 Å². The molecule has 0 aromatic heterocycles. The molecule has 7 N–H and O–H groups in total. The number of aldehydes is 2. The van der Waals surface area contributed by atoms with E-state index in [9.17, 15) is 9.59 Å². The smallest absolute Gasteiger partial charge is 0.122 e. The third kappa shape index (κ3) is 41.2. The second-order valence-electron chi connectivity index (χ2n) is 7.14. The van der Waals surface area contributed by atoms with Crippen molar-refractivity contribution in [1.82, 2.24) is 0 Å². The molecule has 0 aliphatic heterocycles. The Hall–Kier alpha value is -1.27. The quantitative estimate of drug-likeness (QED) is 0.312. The summed E-state index contributed by atoms with van der Waals surface area (Å²) in [6.45, 7) is 12.7. The van der Waals surface area contributed by atoms with Crippen LogP contribution in [0.15, 0.2) is 0 Å². The number of hydrogen-bond donors (Lipinski definition) is 5. The van der Waals surface area contributed by atoms with Gasteiger partial charge in [-0.25, -0.2) is 0 Å². The van der Waals surface area contributed by atoms with Crippen molar-refractivity contribution in [1.29, 1.82) is 0 Å². The number of aliphatic hydroxyl groups excluding tert-OH is 5. The first-order chi connectivity index (χ1) is 13.0. The Kier molecular flexibility index (Phi) is 54.9. The van der Waals surface area contributed by atoms with Gasteiger partial charge in [0.05, 0.1) is 33.0 Å².